The van der Waals surface area contributed by atoms with Crippen LogP contribution in [0.1, 0.15) is 64.1 Å². The van der Waals surface area contributed by atoms with Crippen LogP contribution in [-0.4, -0.2) is 62.4 Å². The van der Waals surface area contributed by atoms with E-state index in [1.807, 2.05) is 24.3 Å². The first kappa shape index (κ1) is 30.2. The quantitative estimate of drug-likeness (QED) is 0.502. The largest absolute Gasteiger partial charge is 0.356 e. The van der Waals surface area contributed by atoms with Crippen molar-refractivity contribution in [3.05, 3.63) is 59.9 Å². The molecule has 7 unspecified atom stereocenters. The van der Waals surface area contributed by atoms with Crippen LogP contribution in [0.15, 0.2) is 48.8 Å². The maximum atomic E-state index is 14.6. The van der Waals surface area contributed by atoms with E-state index in [1.165, 1.54) is 0 Å². The van der Waals surface area contributed by atoms with Gasteiger partial charge in [-0.25, -0.2) is 0 Å². The number of nitrogens with zero attached hydrogens (tertiary/aromatic N) is 2. The number of hydrogen-bond acceptors (Lipinski definition) is 7. The fourth-order valence-corrected chi connectivity index (χ4v) is 7.75. The normalized spacial score (nSPS) is 32.6. The first-order valence-electron chi connectivity index (χ1n) is 15.7. The summed E-state index contributed by atoms with van der Waals surface area (Å²) in [4.78, 5) is 35.3. The fraction of sp³-hybridized carbons (Fsp3) is 0.618. The standard InChI is InChI=1S/C34H45N3O6/c1-20-17-27(25-13-16-42-33(40-5)28(20)25)36-30(38)29(21-7-6-14-35-18-21)37(23-10-8-22(9-11-23)34(2,3)4)31(39)26-19-43-32-24(26)12-15-41-32/h6-11,14,18,20,24-29,32-33H,12-13,15-17,19H2,1-5H3,(H,36,38)/t20?,24?,25-,26?,27?,28?,29?,32?,33-/m0/s1. The van der Waals surface area contributed by atoms with E-state index in [2.05, 4.69) is 50.1 Å². The van der Waals surface area contributed by atoms with Gasteiger partial charge in [0.1, 0.15) is 6.04 Å². The molecule has 1 saturated carbocycles. The van der Waals surface area contributed by atoms with E-state index < -0.39 is 12.0 Å². The van der Waals surface area contributed by atoms with Crippen LogP contribution in [0.3, 0.4) is 0 Å². The number of ether oxygens (including phenoxy) is 4. The summed E-state index contributed by atoms with van der Waals surface area (Å²) in [6.07, 6.45) is 5.18. The molecule has 2 amide bonds. The molecule has 1 aromatic carbocycles. The Balaban J connectivity index is 1.37. The molecule has 1 aromatic heterocycles. The van der Waals surface area contributed by atoms with Gasteiger partial charge in [0, 0.05) is 48.6 Å². The maximum absolute atomic E-state index is 14.6. The molecule has 2 aromatic rings. The van der Waals surface area contributed by atoms with Gasteiger partial charge in [-0.3, -0.25) is 19.5 Å². The summed E-state index contributed by atoms with van der Waals surface area (Å²) in [5, 5.41) is 3.40. The van der Waals surface area contributed by atoms with E-state index in [0.29, 0.717) is 30.4 Å². The third-order valence-electron chi connectivity index (χ3n) is 10.0. The highest BCUT2D eigenvalue weighted by molar-refractivity contribution is 6.02. The van der Waals surface area contributed by atoms with Gasteiger partial charge in [-0.05, 0) is 60.3 Å². The fourth-order valence-electron chi connectivity index (χ4n) is 7.75. The summed E-state index contributed by atoms with van der Waals surface area (Å²) in [7, 11) is 1.69. The van der Waals surface area contributed by atoms with Crippen LogP contribution in [0.5, 0.6) is 0 Å². The number of pyridine rings is 1. The van der Waals surface area contributed by atoms with Crippen molar-refractivity contribution in [1.29, 1.82) is 0 Å². The van der Waals surface area contributed by atoms with Crippen molar-refractivity contribution in [2.75, 3.05) is 31.8 Å². The van der Waals surface area contributed by atoms with Gasteiger partial charge in [0.2, 0.25) is 11.8 Å². The molecule has 43 heavy (non-hydrogen) atoms. The lowest BCUT2D eigenvalue weighted by atomic mass is 9.85. The van der Waals surface area contributed by atoms with Gasteiger partial charge >= 0.3 is 0 Å². The number of methoxy groups -OCH3 is 1. The lowest BCUT2D eigenvalue weighted by Crippen LogP contribution is -2.51. The average Bonchev–Trinajstić information content (AvgIpc) is 3.71. The third-order valence-corrected chi connectivity index (χ3v) is 10.0. The molecule has 0 bridgehead atoms. The van der Waals surface area contributed by atoms with Crippen molar-refractivity contribution >= 4 is 17.5 Å². The van der Waals surface area contributed by atoms with E-state index in [-0.39, 0.29) is 60.2 Å². The summed E-state index contributed by atoms with van der Waals surface area (Å²) >= 11 is 0. The van der Waals surface area contributed by atoms with Crippen LogP contribution < -0.4 is 10.2 Å². The summed E-state index contributed by atoms with van der Waals surface area (Å²) in [6.45, 7) is 10.1. The van der Waals surface area contributed by atoms with E-state index in [1.54, 1.807) is 24.4 Å². The Labute approximate surface area is 254 Å². The number of rotatable bonds is 7. The Kier molecular flexibility index (Phi) is 8.61. The Bertz CT molecular complexity index is 1280. The van der Waals surface area contributed by atoms with Gasteiger partial charge in [0.05, 0.1) is 25.7 Å². The minimum absolute atomic E-state index is 0.0360. The topological polar surface area (TPSA) is 99.2 Å². The molecule has 3 aliphatic heterocycles. The summed E-state index contributed by atoms with van der Waals surface area (Å²) in [5.41, 5.74) is 2.43. The molecule has 232 valence electrons. The van der Waals surface area contributed by atoms with Crippen molar-refractivity contribution in [2.45, 2.75) is 77.0 Å². The minimum atomic E-state index is -0.907. The van der Waals surface area contributed by atoms with Crippen LogP contribution in [0.25, 0.3) is 0 Å². The summed E-state index contributed by atoms with van der Waals surface area (Å²) < 4.78 is 23.2. The predicted octanol–water partition coefficient (Wildman–Crippen LogP) is 4.61. The number of aromatic nitrogens is 1. The second-order valence-corrected chi connectivity index (χ2v) is 13.7. The molecule has 9 atom stereocenters. The van der Waals surface area contributed by atoms with Crippen LogP contribution in [0.2, 0.25) is 0 Å². The highest BCUT2D eigenvalue weighted by Crippen LogP contribution is 2.45. The molecule has 3 saturated heterocycles. The lowest BCUT2D eigenvalue weighted by Gasteiger charge is -2.38. The van der Waals surface area contributed by atoms with Crippen molar-refractivity contribution in [3.8, 4) is 0 Å². The molecule has 0 spiro atoms. The number of hydrogen-bond donors (Lipinski definition) is 1. The lowest BCUT2D eigenvalue weighted by molar-refractivity contribution is -0.197. The number of amides is 2. The second kappa shape index (κ2) is 12.3. The van der Waals surface area contributed by atoms with Gasteiger partial charge in [0.25, 0.3) is 0 Å². The Hall–Kier alpha value is -2.85. The van der Waals surface area contributed by atoms with Gasteiger partial charge in [0.15, 0.2) is 12.6 Å². The number of carbonyl (C=O) groups excluding carboxylic acids is 2. The highest BCUT2D eigenvalue weighted by Gasteiger charge is 2.51. The van der Waals surface area contributed by atoms with Crippen molar-refractivity contribution in [2.24, 2.45) is 29.6 Å². The molecule has 0 radical (unpaired) electrons. The summed E-state index contributed by atoms with van der Waals surface area (Å²) in [5.74, 6) is -0.0105. The van der Waals surface area contributed by atoms with Crippen molar-refractivity contribution in [1.82, 2.24) is 10.3 Å². The number of fused-ring (bicyclic) bond motifs is 2. The molecular formula is C34H45N3O6. The second-order valence-electron chi connectivity index (χ2n) is 13.7. The predicted molar refractivity (Wildman–Crippen MR) is 161 cm³/mol. The van der Waals surface area contributed by atoms with Gasteiger partial charge in [-0.15, -0.1) is 0 Å². The minimum Gasteiger partial charge on any atom is -0.356 e. The van der Waals surface area contributed by atoms with Crippen molar-refractivity contribution in [3.63, 3.8) is 0 Å². The van der Waals surface area contributed by atoms with Crippen LogP contribution in [0.4, 0.5) is 5.69 Å². The number of carbonyl (C=O) groups is 2. The third kappa shape index (κ3) is 5.84. The molecule has 1 N–H and O–H groups in total. The molecule has 9 heteroatoms. The van der Waals surface area contributed by atoms with Gasteiger partial charge < -0.3 is 24.3 Å². The molecular weight excluding hydrogens is 546 g/mol. The first-order chi connectivity index (χ1) is 20.7. The highest BCUT2D eigenvalue weighted by atomic mass is 16.7. The molecule has 6 rings (SSSR count). The zero-order valence-electron chi connectivity index (χ0n) is 25.9. The van der Waals surface area contributed by atoms with Crippen LogP contribution in [-0.2, 0) is 34.0 Å². The molecule has 4 heterocycles. The monoisotopic (exact) mass is 591 g/mol. The van der Waals surface area contributed by atoms with E-state index in [4.69, 9.17) is 18.9 Å². The van der Waals surface area contributed by atoms with E-state index in [9.17, 15) is 9.59 Å². The Morgan fingerprint density at radius 3 is 2.49 bits per heavy atom. The molecule has 4 fully saturated rings. The molecule has 4 aliphatic rings. The maximum Gasteiger partial charge on any atom is 0.248 e. The smallest absolute Gasteiger partial charge is 0.248 e. The summed E-state index contributed by atoms with van der Waals surface area (Å²) in [6, 6.07) is 10.8. The van der Waals surface area contributed by atoms with E-state index >= 15 is 0 Å². The number of benzene rings is 1. The average molecular weight is 592 g/mol. The zero-order chi connectivity index (χ0) is 30.3. The number of anilines is 1. The van der Waals surface area contributed by atoms with E-state index in [0.717, 1.165) is 24.8 Å². The molecule has 1 aliphatic carbocycles. The van der Waals surface area contributed by atoms with Gasteiger partial charge in [-0.1, -0.05) is 45.9 Å². The Morgan fingerprint density at radius 1 is 1.05 bits per heavy atom. The van der Waals surface area contributed by atoms with Gasteiger partial charge in [-0.2, -0.15) is 0 Å². The number of nitrogens with one attached hydrogen (secondary N) is 1. The SMILES string of the molecule is CO[C@H]1OCC[C@H]2C(NC(=O)C(c3cccnc3)N(C(=O)C3COC4OCCC43)c3ccc(C(C)(C)C)cc3)CC(C)C12. The molecule has 9 nitrogen and oxygen atoms in total. The van der Waals surface area contributed by atoms with Crippen molar-refractivity contribution < 1.29 is 28.5 Å². The Morgan fingerprint density at radius 2 is 1.79 bits per heavy atom. The zero-order valence-corrected chi connectivity index (χ0v) is 25.9. The first-order valence-corrected chi connectivity index (χ1v) is 15.7. The van der Waals surface area contributed by atoms with Crippen LogP contribution >= 0.6 is 0 Å². The van der Waals surface area contributed by atoms with Crippen LogP contribution in [0, 0.1) is 29.6 Å².